The number of nitrogens with zero attached hydrogens (tertiary/aromatic N) is 5. The molecule has 1 aliphatic rings. The minimum atomic E-state index is 0.145. The Hall–Kier alpha value is -1.73. The van der Waals surface area contributed by atoms with Gasteiger partial charge in [-0.1, -0.05) is 0 Å². The molecule has 0 bridgehead atoms. The number of rotatable bonds is 2. The van der Waals surface area contributed by atoms with E-state index in [9.17, 15) is 4.79 Å². The average Bonchev–Trinajstić information content (AvgIpc) is 2.76. The van der Waals surface area contributed by atoms with Crippen molar-refractivity contribution < 1.29 is 9.53 Å². The third-order valence-electron chi connectivity index (χ3n) is 3.45. The van der Waals surface area contributed by atoms with Crippen LogP contribution in [0.2, 0.25) is 5.28 Å². The zero-order valence-corrected chi connectivity index (χ0v) is 12.0. The summed E-state index contributed by atoms with van der Waals surface area (Å²) in [5, 5.41) is 0.145. The zero-order chi connectivity index (χ0) is 14.3. The highest BCUT2D eigenvalue weighted by Gasteiger charge is 2.25. The number of aldehydes is 1. The Morgan fingerprint density at radius 2 is 2.20 bits per heavy atom. The Labute approximate surface area is 120 Å². The van der Waals surface area contributed by atoms with Gasteiger partial charge in [-0.25, -0.2) is 4.98 Å². The number of aromatic nitrogens is 4. The standard InChI is InChI=1S/C12H14ClN5O2/c1-7-6-20-4-3-18(7)11-9-10(15-12(13)16-11)17(2)8(5-19)14-9/h5,7H,3-4,6H2,1-2H3/t7-/m1/s1. The number of hydrogen-bond donors (Lipinski definition) is 0. The van der Waals surface area contributed by atoms with Crippen LogP contribution in [0.1, 0.15) is 17.5 Å². The van der Waals surface area contributed by atoms with E-state index in [2.05, 4.69) is 19.9 Å². The average molecular weight is 296 g/mol. The van der Waals surface area contributed by atoms with Gasteiger partial charge in [-0.3, -0.25) is 4.79 Å². The fourth-order valence-corrected chi connectivity index (χ4v) is 2.55. The van der Waals surface area contributed by atoms with Gasteiger partial charge in [-0.05, 0) is 18.5 Å². The van der Waals surface area contributed by atoms with Crippen LogP contribution in [0.5, 0.6) is 0 Å². The number of aryl methyl sites for hydroxylation is 1. The Kier molecular flexibility index (Phi) is 3.31. The molecule has 8 heteroatoms. The Balaban J connectivity index is 2.21. The minimum absolute atomic E-state index is 0.145. The highest BCUT2D eigenvalue weighted by atomic mass is 35.5. The van der Waals surface area contributed by atoms with E-state index in [0.717, 1.165) is 0 Å². The van der Waals surface area contributed by atoms with Crippen LogP contribution < -0.4 is 4.90 Å². The number of fused-ring (bicyclic) bond motifs is 1. The molecule has 3 heterocycles. The molecular weight excluding hydrogens is 282 g/mol. The summed E-state index contributed by atoms with van der Waals surface area (Å²) in [6.07, 6.45) is 0.697. The molecule has 0 saturated carbocycles. The molecule has 0 amide bonds. The van der Waals surface area contributed by atoms with Crippen LogP contribution in [-0.4, -0.2) is 51.6 Å². The fraction of sp³-hybridized carbons (Fsp3) is 0.500. The van der Waals surface area contributed by atoms with Crippen molar-refractivity contribution in [3.05, 3.63) is 11.1 Å². The summed E-state index contributed by atoms with van der Waals surface area (Å²) in [7, 11) is 1.73. The summed E-state index contributed by atoms with van der Waals surface area (Å²) in [6.45, 7) is 4.00. The molecular formula is C12H14ClN5O2. The fourth-order valence-electron chi connectivity index (χ4n) is 2.39. The first kappa shape index (κ1) is 13.3. The molecule has 20 heavy (non-hydrogen) atoms. The summed E-state index contributed by atoms with van der Waals surface area (Å²) in [5.74, 6) is 0.957. The van der Waals surface area contributed by atoms with Gasteiger partial charge in [0, 0.05) is 13.6 Å². The van der Waals surface area contributed by atoms with Crippen molar-refractivity contribution in [3.63, 3.8) is 0 Å². The quantitative estimate of drug-likeness (QED) is 0.609. The molecule has 1 aliphatic heterocycles. The summed E-state index contributed by atoms with van der Waals surface area (Å²) in [6, 6.07) is 0.166. The van der Waals surface area contributed by atoms with Crippen LogP contribution in [0.4, 0.5) is 5.82 Å². The second-order valence-corrected chi connectivity index (χ2v) is 5.09. The molecule has 1 atom stereocenters. The van der Waals surface area contributed by atoms with E-state index in [0.29, 0.717) is 48.9 Å². The van der Waals surface area contributed by atoms with Crippen LogP contribution in [-0.2, 0) is 11.8 Å². The smallest absolute Gasteiger partial charge is 0.226 e. The van der Waals surface area contributed by atoms with Crippen LogP contribution in [0.3, 0.4) is 0 Å². The molecule has 0 unspecified atom stereocenters. The number of morpholine rings is 1. The highest BCUT2D eigenvalue weighted by molar-refractivity contribution is 6.28. The molecule has 0 spiro atoms. The molecule has 2 aromatic rings. The number of hydrogen-bond acceptors (Lipinski definition) is 6. The van der Waals surface area contributed by atoms with E-state index in [1.807, 2.05) is 6.92 Å². The van der Waals surface area contributed by atoms with Gasteiger partial charge in [-0.15, -0.1) is 0 Å². The number of anilines is 1. The summed E-state index contributed by atoms with van der Waals surface area (Å²) >= 11 is 6.01. The van der Waals surface area contributed by atoms with Crippen LogP contribution in [0.15, 0.2) is 0 Å². The van der Waals surface area contributed by atoms with E-state index < -0.39 is 0 Å². The minimum Gasteiger partial charge on any atom is -0.377 e. The second kappa shape index (κ2) is 4.99. The highest BCUT2D eigenvalue weighted by Crippen LogP contribution is 2.27. The predicted molar refractivity (Wildman–Crippen MR) is 74.3 cm³/mol. The molecule has 106 valence electrons. The number of imidazole rings is 1. The first-order chi connectivity index (χ1) is 9.61. The maximum absolute atomic E-state index is 11.0. The first-order valence-corrected chi connectivity index (χ1v) is 6.69. The van der Waals surface area contributed by atoms with Crippen molar-refractivity contribution in [2.24, 2.45) is 7.05 Å². The Morgan fingerprint density at radius 1 is 1.40 bits per heavy atom. The SMILES string of the molecule is C[C@@H]1COCCN1c1nc(Cl)nc2c1nc(C=O)n2C. The van der Waals surface area contributed by atoms with Crippen molar-refractivity contribution in [2.75, 3.05) is 24.7 Å². The van der Waals surface area contributed by atoms with Gasteiger partial charge in [0.2, 0.25) is 5.28 Å². The normalized spacial score (nSPS) is 19.6. The molecule has 1 saturated heterocycles. The van der Waals surface area contributed by atoms with Gasteiger partial charge in [0.1, 0.15) is 0 Å². The van der Waals surface area contributed by atoms with Gasteiger partial charge in [0.15, 0.2) is 29.1 Å². The molecule has 1 fully saturated rings. The van der Waals surface area contributed by atoms with Gasteiger partial charge in [-0.2, -0.15) is 9.97 Å². The Bertz CT molecular complexity index is 671. The van der Waals surface area contributed by atoms with Crippen LogP contribution >= 0.6 is 11.6 Å². The van der Waals surface area contributed by atoms with Crippen molar-refractivity contribution in [3.8, 4) is 0 Å². The van der Waals surface area contributed by atoms with E-state index in [4.69, 9.17) is 16.3 Å². The van der Waals surface area contributed by atoms with Gasteiger partial charge >= 0.3 is 0 Å². The summed E-state index contributed by atoms with van der Waals surface area (Å²) in [4.78, 5) is 25.9. The summed E-state index contributed by atoms with van der Waals surface area (Å²) in [5.41, 5.74) is 1.15. The maximum Gasteiger partial charge on any atom is 0.226 e. The largest absolute Gasteiger partial charge is 0.377 e. The molecule has 0 radical (unpaired) electrons. The topological polar surface area (TPSA) is 73.1 Å². The lowest BCUT2D eigenvalue weighted by Crippen LogP contribution is -2.44. The van der Waals surface area contributed by atoms with E-state index in [1.165, 1.54) is 0 Å². The molecule has 7 nitrogen and oxygen atoms in total. The molecule has 3 rings (SSSR count). The number of halogens is 1. The van der Waals surface area contributed by atoms with Crippen molar-refractivity contribution in [2.45, 2.75) is 13.0 Å². The number of carbonyl (C=O) groups excluding carboxylic acids is 1. The second-order valence-electron chi connectivity index (χ2n) is 4.75. The molecule has 0 aromatic carbocycles. The predicted octanol–water partition coefficient (Wildman–Crippen LogP) is 1.05. The van der Waals surface area contributed by atoms with Crippen molar-refractivity contribution in [1.82, 2.24) is 19.5 Å². The monoisotopic (exact) mass is 295 g/mol. The third-order valence-corrected chi connectivity index (χ3v) is 3.62. The lowest BCUT2D eigenvalue weighted by Gasteiger charge is -2.34. The van der Waals surface area contributed by atoms with Gasteiger partial charge in [0.25, 0.3) is 0 Å². The third kappa shape index (κ3) is 2.03. The number of ether oxygens (including phenoxy) is 1. The molecule has 2 aromatic heterocycles. The van der Waals surface area contributed by atoms with Crippen molar-refractivity contribution >= 4 is 34.9 Å². The summed E-state index contributed by atoms with van der Waals surface area (Å²) < 4.78 is 7.04. The lowest BCUT2D eigenvalue weighted by atomic mass is 10.2. The molecule has 0 N–H and O–H groups in total. The van der Waals surface area contributed by atoms with Gasteiger partial charge in [0.05, 0.1) is 19.3 Å². The van der Waals surface area contributed by atoms with E-state index >= 15 is 0 Å². The van der Waals surface area contributed by atoms with E-state index in [-0.39, 0.29) is 11.3 Å². The maximum atomic E-state index is 11.0. The van der Waals surface area contributed by atoms with Crippen LogP contribution in [0, 0.1) is 0 Å². The Morgan fingerprint density at radius 3 is 2.90 bits per heavy atom. The van der Waals surface area contributed by atoms with Gasteiger partial charge < -0.3 is 14.2 Å². The number of carbonyl (C=O) groups is 1. The van der Waals surface area contributed by atoms with E-state index in [1.54, 1.807) is 11.6 Å². The zero-order valence-electron chi connectivity index (χ0n) is 11.2. The van der Waals surface area contributed by atoms with Crippen molar-refractivity contribution in [1.29, 1.82) is 0 Å². The lowest BCUT2D eigenvalue weighted by molar-refractivity contribution is 0.0986. The first-order valence-electron chi connectivity index (χ1n) is 6.31. The van der Waals surface area contributed by atoms with Crippen LogP contribution in [0.25, 0.3) is 11.2 Å². The molecule has 0 aliphatic carbocycles.